The number of hydrogen-bond acceptors (Lipinski definition) is 6. The number of amides is 1. The Morgan fingerprint density at radius 3 is 2.31 bits per heavy atom. The highest BCUT2D eigenvalue weighted by atomic mass is 19.1. The number of rotatable bonds is 5. The molecule has 1 amide bonds. The Labute approximate surface area is 184 Å². The first kappa shape index (κ1) is 21.8. The molecule has 32 heavy (non-hydrogen) atoms. The van der Waals surface area contributed by atoms with Crippen LogP contribution in [0.4, 0.5) is 21.5 Å². The number of furan rings is 1. The molecule has 0 radical (unpaired) electrons. The molecule has 0 bridgehead atoms. The predicted octanol–water partition coefficient (Wildman–Crippen LogP) is 4.38. The van der Waals surface area contributed by atoms with Gasteiger partial charge in [-0.3, -0.25) is 14.4 Å². The van der Waals surface area contributed by atoms with Crippen LogP contribution in [0.25, 0.3) is 0 Å². The standard InChI is InChI=1S/C24H26FN3O4/c1-10-9-15(32-12(10)3)22(24(4,5)6)28-19-18(20(29)21(19)30)27-17-14(25)8-7-13-11(2)26-23(31)16(13)17/h7-9,11,22,27-28H,1-6H3,(H,26,31)/t11-,22-/m1/s1. The molecule has 2 aromatic carbocycles. The van der Waals surface area contributed by atoms with E-state index >= 15 is 0 Å². The van der Waals surface area contributed by atoms with Gasteiger partial charge in [0.05, 0.1) is 23.3 Å². The molecule has 8 heteroatoms. The Hall–Kier alpha value is -3.42. The zero-order chi connectivity index (χ0) is 23.5. The van der Waals surface area contributed by atoms with Gasteiger partial charge in [0.2, 0.25) is 0 Å². The molecule has 1 aliphatic rings. The van der Waals surface area contributed by atoms with Gasteiger partial charge in [0.1, 0.15) is 28.7 Å². The Balaban J connectivity index is 1.74. The minimum absolute atomic E-state index is 0.0464. The van der Waals surface area contributed by atoms with E-state index in [0.717, 1.165) is 11.3 Å². The van der Waals surface area contributed by atoms with Crippen LogP contribution in [0.3, 0.4) is 0 Å². The van der Waals surface area contributed by atoms with E-state index in [2.05, 4.69) is 16.0 Å². The summed E-state index contributed by atoms with van der Waals surface area (Å²) in [7, 11) is 0. The van der Waals surface area contributed by atoms with Gasteiger partial charge in [-0.15, -0.1) is 0 Å². The molecule has 7 nitrogen and oxygen atoms in total. The van der Waals surface area contributed by atoms with Crippen molar-refractivity contribution in [2.75, 3.05) is 10.6 Å². The number of aryl methyl sites for hydroxylation is 2. The van der Waals surface area contributed by atoms with Crippen molar-refractivity contribution in [3.05, 3.63) is 72.7 Å². The van der Waals surface area contributed by atoms with Crippen LogP contribution in [0.2, 0.25) is 0 Å². The molecule has 0 fully saturated rings. The Morgan fingerprint density at radius 1 is 1.06 bits per heavy atom. The lowest BCUT2D eigenvalue weighted by Gasteiger charge is -2.31. The molecule has 4 rings (SSSR count). The summed E-state index contributed by atoms with van der Waals surface area (Å²) >= 11 is 0. The van der Waals surface area contributed by atoms with E-state index in [0.29, 0.717) is 11.3 Å². The zero-order valence-corrected chi connectivity index (χ0v) is 18.9. The summed E-state index contributed by atoms with van der Waals surface area (Å²) < 4.78 is 20.6. The molecular formula is C24H26FN3O4. The fraction of sp³-hybridized carbons (Fsp3) is 0.375. The molecule has 0 saturated carbocycles. The third-order valence-electron chi connectivity index (χ3n) is 6.01. The third kappa shape index (κ3) is 3.39. The highest BCUT2D eigenvalue weighted by Gasteiger charge is 2.35. The van der Waals surface area contributed by atoms with Gasteiger partial charge in [-0.1, -0.05) is 26.8 Å². The largest absolute Gasteiger partial charge is 0.464 e. The fourth-order valence-electron chi connectivity index (χ4n) is 4.04. The van der Waals surface area contributed by atoms with Crippen LogP contribution < -0.4 is 26.8 Å². The first-order valence-electron chi connectivity index (χ1n) is 10.5. The van der Waals surface area contributed by atoms with Crippen LogP contribution in [0.1, 0.15) is 72.8 Å². The van der Waals surface area contributed by atoms with Crippen molar-refractivity contribution in [1.29, 1.82) is 0 Å². The first-order chi connectivity index (χ1) is 14.9. The van der Waals surface area contributed by atoms with Crippen LogP contribution in [0, 0.1) is 25.1 Å². The van der Waals surface area contributed by atoms with Crippen LogP contribution >= 0.6 is 0 Å². The zero-order valence-electron chi connectivity index (χ0n) is 18.9. The first-order valence-corrected chi connectivity index (χ1v) is 10.5. The molecular weight excluding hydrogens is 413 g/mol. The summed E-state index contributed by atoms with van der Waals surface area (Å²) in [5, 5.41) is 8.60. The maximum atomic E-state index is 14.7. The normalized spacial score (nSPS) is 16.7. The van der Waals surface area contributed by atoms with E-state index in [4.69, 9.17) is 4.42 Å². The molecule has 0 saturated heterocycles. The van der Waals surface area contributed by atoms with E-state index < -0.39 is 28.6 Å². The Bertz CT molecular complexity index is 1290. The van der Waals surface area contributed by atoms with Crippen LogP contribution in [-0.4, -0.2) is 5.91 Å². The number of benzene rings is 1. The van der Waals surface area contributed by atoms with E-state index in [1.807, 2.05) is 40.7 Å². The van der Waals surface area contributed by atoms with Gasteiger partial charge in [-0.25, -0.2) is 4.39 Å². The molecule has 3 aromatic rings. The fourth-order valence-corrected chi connectivity index (χ4v) is 4.04. The molecule has 1 aliphatic heterocycles. The quantitative estimate of drug-likeness (QED) is 0.510. The maximum Gasteiger partial charge on any atom is 0.254 e. The molecule has 1 aromatic heterocycles. The number of hydrogen-bond donors (Lipinski definition) is 3. The lowest BCUT2D eigenvalue weighted by atomic mass is 9.84. The van der Waals surface area contributed by atoms with Gasteiger partial charge < -0.3 is 20.4 Å². The number of nitrogens with one attached hydrogen (secondary N) is 3. The number of halogens is 1. The summed E-state index contributed by atoms with van der Waals surface area (Å²) in [6.45, 7) is 11.5. The van der Waals surface area contributed by atoms with E-state index in [1.165, 1.54) is 12.1 Å². The Morgan fingerprint density at radius 2 is 1.72 bits per heavy atom. The summed E-state index contributed by atoms with van der Waals surface area (Å²) in [6.07, 6.45) is 0. The average Bonchev–Trinajstić information content (AvgIpc) is 3.18. The van der Waals surface area contributed by atoms with Gasteiger partial charge in [-0.05, 0) is 49.4 Å². The van der Waals surface area contributed by atoms with Gasteiger partial charge in [0, 0.05) is 0 Å². The lowest BCUT2D eigenvalue weighted by Crippen LogP contribution is -2.39. The lowest BCUT2D eigenvalue weighted by molar-refractivity contribution is 0.0959. The molecule has 168 valence electrons. The van der Waals surface area contributed by atoms with Gasteiger partial charge in [-0.2, -0.15) is 0 Å². The smallest absolute Gasteiger partial charge is 0.254 e. The van der Waals surface area contributed by atoms with Crippen LogP contribution in [0.5, 0.6) is 0 Å². The highest BCUT2D eigenvalue weighted by Crippen LogP contribution is 2.40. The van der Waals surface area contributed by atoms with Crippen LogP contribution in [0.15, 0.2) is 32.2 Å². The summed E-state index contributed by atoms with van der Waals surface area (Å²) in [6, 6.07) is 3.97. The van der Waals surface area contributed by atoms with E-state index in [1.54, 1.807) is 6.92 Å². The van der Waals surface area contributed by atoms with Crippen molar-refractivity contribution >= 4 is 23.0 Å². The van der Waals surface area contributed by atoms with E-state index in [-0.39, 0.29) is 34.1 Å². The van der Waals surface area contributed by atoms with Gasteiger partial charge >= 0.3 is 0 Å². The van der Waals surface area contributed by atoms with Crippen molar-refractivity contribution in [1.82, 2.24) is 5.32 Å². The van der Waals surface area contributed by atoms with Crippen molar-refractivity contribution in [3.63, 3.8) is 0 Å². The molecule has 2 heterocycles. The second-order valence-electron chi connectivity index (χ2n) is 9.45. The second kappa shape index (κ2) is 7.32. The minimum Gasteiger partial charge on any atom is -0.464 e. The maximum absolute atomic E-state index is 14.7. The monoisotopic (exact) mass is 439 g/mol. The summed E-state index contributed by atoms with van der Waals surface area (Å²) in [5.41, 5.74) is -0.236. The van der Waals surface area contributed by atoms with Crippen molar-refractivity contribution < 1.29 is 13.6 Å². The number of carbonyl (C=O) groups is 1. The molecule has 0 aliphatic carbocycles. The van der Waals surface area contributed by atoms with Gasteiger partial charge in [0.15, 0.2) is 0 Å². The van der Waals surface area contributed by atoms with Crippen LogP contribution in [-0.2, 0) is 0 Å². The molecule has 0 spiro atoms. The molecule has 2 atom stereocenters. The SMILES string of the molecule is Cc1cc([C@@H](Nc2c(Nc3c(F)ccc4c3C(=O)N[C@@H]4C)c(=O)c2=O)C(C)(C)C)oc1C. The number of anilines is 3. The topological polar surface area (TPSA) is 100 Å². The van der Waals surface area contributed by atoms with Gasteiger partial charge in [0.25, 0.3) is 16.8 Å². The average molecular weight is 439 g/mol. The van der Waals surface area contributed by atoms with Crippen molar-refractivity contribution in [2.45, 2.75) is 53.6 Å². The Kier molecular flexibility index (Phi) is 4.99. The second-order valence-corrected chi connectivity index (χ2v) is 9.45. The minimum atomic E-state index is -0.768. The number of fused-ring (bicyclic) bond motifs is 1. The van der Waals surface area contributed by atoms with Crippen molar-refractivity contribution in [3.8, 4) is 0 Å². The number of carbonyl (C=O) groups excluding carboxylic acids is 1. The van der Waals surface area contributed by atoms with E-state index in [9.17, 15) is 18.8 Å². The van der Waals surface area contributed by atoms with Crippen molar-refractivity contribution in [2.24, 2.45) is 5.41 Å². The predicted molar refractivity (Wildman–Crippen MR) is 121 cm³/mol. The highest BCUT2D eigenvalue weighted by molar-refractivity contribution is 6.05. The molecule has 3 N–H and O–H groups in total. The molecule has 0 unspecified atom stereocenters. The third-order valence-corrected chi connectivity index (χ3v) is 6.01. The summed E-state index contributed by atoms with van der Waals surface area (Å²) in [5.74, 6) is 0.279. The summed E-state index contributed by atoms with van der Waals surface area (Å²) in [4.78, 5) is 37.2.